The summed E-state index contributed by atoms with van der Waals surface area (Å²) in [6.45, 7) is 0. The first-order valence-electron chi connectivity index (χ1n) is 3.21. The lowest BCUT2D eigenvalue weighted by Crippen LogP contribution is -1.89. The highest BCUT2D eigenvalue weighted by atomic mass is 32.1. The second kappa shape index (κ2) is 3.93. The number of hydrogen-bond acceptors (Lipinski definition) is 2. The Hall–Kier alpha value is -1.09. The molecule has 58 valence electrons. The van der Waals surface area contributed by atoms with Crippen LogP contribution in [0.15, 0.2) is 23.6 Å². The maximum atomic E-state index is 10.1. The van der Waals surface area contributed by atoms with Gasteiger partial charge in [0.15, 0.2) is 0 Å². The van der Waals surface area contributed by atoms with Crippen molar-refractivity contribution in [3.63, 3.8) is 0 Å². The van der Waals surface area contributed by atoms with Crippen molar-refractivity contribution in [2.24, 2.45) is 0 Å². The number of carboxylic acid groups (broad SMARTS) is 1. The molecule has 3 heteroatoms. The molecule has 0 aliphatic heterocycles. The number of carboxylic acids is 1. The van der Waals surface area contributed by atoms with Gasteiger partial charge in [0.1, 0.15) is 0 Å². The van der Waals surface area contributed by atoms with Crippen LogP contribution in [-0.2, 0) is 4.79 Å². The minimum Gasteiger partial charge on any atom is -0.481 e. The van der Waals surface area contributed by atoms with Crippen LogP contribution in [0, 0.1) is 0 Å². The fraction of sp³-hybridized carbons (Fsp3) is 0.125. The maximum absolute atomic E-state index is 10.1. The monoisotopic (exact) mass is 168 g/mol. The number of thiophene rings is 1. The van der Waals surface area contributed by atoms with E-state index in [1.165, 1.54) is 0 Å². The molecule has 0 amide bonds. The Morgan fingerprint density at radius 3 is 3.09 bits per heavy atom. The lowest BCUT2D eigenvalue weighted by Gasteiger charge is -1.82. The van der Waals surface area contributed by atoms with Crippen molar-refractivity contribution in [2.45, 2.75) is 6.42 Å². The molecule has 0 aliphatic rings. The van der Waals surface area contributed by atoms with E-state index in [0.29, 0.717) is 0 Å². The van der Waals surface area contributed by atoms with Gasteiger partial charge in [0.2, 0.25) is 0 Å². The second-order valence-electron chi connectivity index (χ2n) is 2.02. The molecular formula is C8H8O2S. The predicted octanol–water partition coefficient (Wildman–Crippen LogP) is 2.24. The van der Waals surface area contributed by atoms with Gasteiger partial charge in [0.05, 0.1) is 6.42 Å². The zero-order valence-corrected chi connectivity index (χ0v) is 6.67. The SMILES string of the molecule is O=C(O)CC=Cc1cccs1. The summed E-state index contributed by atoms with van der Waals surface area (Å²) < 4.78 is 0. The van der Waals surface area contributed by atoms with Gasteiger partial charge in [-0.05, 0) is 17.5 Å². The first-order valence-corrected chi connectivity index (χ1v) is 4.09. The van der Waals surface area contributed by atoms with E-state index in [4.69, 9.17) is 5.11 Å². The number of rotatable bonds is 3. The van der Waals surface area contributed by atoms with Crippen molar-refractivity contribution in [3.05, 3.63) is 28.5 Å². The summed E-state index contributed by atoms with van der Waals surface area (Å²) in [7, 11) is 0. The zero-order chi connectivity index (χ0) is 8.10. The molecule has 1 heterocycles. The van der Waals surface area contributed by atoms with Crippen LogP contribution >= 0.6 is 11.3 Å². The molecule has 0 spiro atoms. The Morgan fingerprint density at radius 1 is 1.73 bits per heavy atom. The van der Waals surface area contributed by atoms with Crippen molar-refractivity contribution in [1.29, 1.82) is 0 Å². The summed E-state index contributed by atoms with van der Waals surface area (Å²) >= 11 is 1.59. The molecule has 0 radical (unpaired) electrons. The van der Waals surface area contributed by atoms with Crippen LogP contribution in [-0.4, -0.2) is 11.1 Å². The molecule has 0 fully saturated rings. The summed E-state index contributed by atoms with van der Waals surface area (Å²) in [4.78, 5) is 11.2. The van der Waals surface area contributed by atoms with Crippen LogP contribution in [0.3, 0.4) is 0 Å². The third kappa shape index (κ3) is 3.00. The van der Waals surface area contributed by atoms with E-state index in [2.05, 4.69) is 0 Å². The molecule has 0 atom stereocenters. The van der Waals surface area contributed by atoms with Gasteiger partial charge in [-0.25, -0.2) is 0 Å². The first-order chi connectivity index (χ1) is 5.29. The van der Waals surface area contributed by atoms with Gasteiger partial charge in [-0.1, -0.05) is 12.1 Å². The molecule has 0 saturated heterocycles. The third-order valence-electron chi connectivity index (χ3n) is 1.12. The second-order valence-corrected chi connectivity index (χ2v) is 2.99. The molecule has 1 N–H and O–H groups in total. The van der Waals surface area contributed by atoms with Crippen molar-refractivity contribution >= 4 is 23.4 Å². The molecule has 0 bridgehead atoms. The molecular weight excluding hydrogens is 160 g/mol. The predicted molar refractivity (Wildman–Crippen MR) is 45.6 cm³/mol. The standard InChI is InChI=1S/C8H8O2S/c9-8(10)5-1-3-7-4-2-6-11-7/h1-4,6H,5H2,(H,9,10). The largest absolute Gasteiger partial charge is 0.481 e. The van der Waals surface area contributed by atoms with Gasteiger partial charge < -0.3 is 5.11 Å². The zero-order valence-electron chi connectivity index (χ0n) is 5.86. The summed E-state index contributed by atoms with van der Waals surface area (Å²) in [5, 5.41) is 10.3. The van der Waals surface area contributed by atoms with Gasteiger partial charge in [0, 0.05) is 4.88 Å². The van der Waals surface area contributed by atoms with Crippen LogP contribution in [0.25, 0.3) is 6.08 Å². The van der Waals surface area contributed by atoms with Crippen molar-refractivity contribution < 1.29 is 9.90 Å². The van der Waals surface area contributed by atoms with Crippen molar-refractivity contribution in [1.82, 2.24) is 0 Å². The summed E-state index contributed by atoms with van der Waals surface area (Å²) in [6, 6.07) is 3.88. The van der Waals surface area contributed by atoms with E-state index < -0.39 is 5.97 Å². The molecule has 11 heavy (non-hydrogen) atoms. The molecule has 2 nitrogen and oxygen atoms in total. The van der Waals surface area contributed by atoms with E-state index in [1.54, 1.807) is 17.4 Å². The first kappa shape index (κ1) is 8.01. The Labute approximate surface area is 68.8 Å². The van der Waals surface area contributed by atoms with Gasteiger partial charge in [0.25, 0.3) is 0 Å². The van der Waals surface area contributed by atoms with Crippen LogP contribution in [0.2, 0.25) is 0 Å². The summed E-state index contributed by atoms with van der Waals surface area (Å²) in [5.74, 6) is -0.794. The molecule has 0 unspecified atom stereocenters. The van der Waals surface area contributed by atoms with E-state index >= 15 is 0 Å². The number of aliphatic carboxylic acids is 1. The van der Waals surface area contributed by atoms with E-state index in [9.17, 15) is 4.79 Å². The highest BCUT2D eigenvalue weighted by Crippen LogP contribution is 2.10. The minimum absolute atomic E-state index is 0.0951. The fourth-order valence-electron chi connectivity index (χ4n) is 0.662. The Balaban J connectivity index is 2.43. The number of hydrogen-bond donors (Lipinski definition) is 1. The third-order valence-corrected chi connectivity index (χ3v) is 1.96. The van der Waals surface area contributed by atoms with Gasteiger partial charge in [-0.15, -0.1) is 11.3 Å². The minimum atomic E-state index is -0.794. The van der Waals surface area contributed by atoms with Gasteiger partial charge >= 0.3 is 5.97 Å². The van der Waals surface area contributed by atoms with Crippen LogP contribution in [0.1, 0.15) is 11.3 Å². The van der Waals surface area contributed by atoms with Crippen molar-refractivity contribution in [2.75, 3.05) is 0 Å². The smallest absolute Gasteiger partial charge is 0.307 e. The van der Waals surface area contributed by atoms with Crippen LogP contribution in [0.4, 0.5) is 0 Å². The Bertz CT molecular complexity index is 249. The molecule has 1 aromatic rings. The van der Waals surface area contributed by atoms with E-state index in [1.807, 2.05) is 23.6 Å². The van der Waals surface area contributed by atoms with E-state index in [-0.39, 0.29) is 6.42 Å². The fourth-order valence-corrected chi connectivity index (χ4v) is 1.31. The topological polar surface area (TPSA) is 37.3 Å². The average molecular weight is 168 g/mol. The van der Waals surface area contributed by atoms with Gasteiger partial charge in [-0.3, -0.25) is 4.79 Å². The lowest BCUT2D eigenvalue weighted by atomic mass is 10.3. The molecule has 1 aromatic heterocycles. The maximum Gasteiger partial charge on any atom is 0.307 e. The molecule has 1 rings (SSSR count). The highest BCUT2D eigenvalue weighted by molar-refractivity contribution is 7.10. The van der Waals surface area contributed by atoms with Crippen LogP contribution in [0.5, 0.6) is 0 Å². The van der Waals surface area contributed by atoms with Gasteiger partial charge in [-0.2, -0.15) is 0 Å². The average Bonchev–Trinajstić information content (AvgIpc) is 2.39. The van der Waals surface area contributed by atoms with E-state index in [0.717, 1.165) is 4.88 Å². The van der Waals surface area contributed by atoms with Crippen LogP contribution < -0.4 is 0 Å². The molecule has 0 aromatic carbocycles. The number of carbonyl (C=O) groups is 1. The summed E-state index contributed by atoms with van der Waals surface area (Å²) in [5.41, 5.74) is 0. The summed E-state index contributed by atoms with van der Waals surface area (Å²) in [6.07, 6.45) is 3.56. The normalized spacial score (nSPS) is 10.5. The lowest BCUT2D eigenvalue weighted by molar-refractivity contribution is -0.135. The Kier molecular flexibility index (Phi) is 2.86. The molecule has 0 aliphatic carbocycles. The highest BCUT2D eigenvalue weighted by Gasteiger charge is 1.89. The molecule has 0 saturated carbocycles. The van der Waals surface area contributed by atoms with Crippen molar-refractivity contribution in [3.8, 4) is 0 Å². The quantitative estimate of drug-likeness (QED) is 0.751. The Morgan fingerprint density at radius 2 is 2.55 bits per heavy atom.